The molecule has 0 saturated heterocycles. The van der Waals surface area contributed by atoms with Gasteiger partial charge in [0.15, 0.2) is 0 Å². The molecule has 0 bridgehead atoms. The van der Waals surface area contributed by atoms with Crippen LogP contribution in [0.25, 0.3) is 10.9 Å². The molecule has 0 fully saturated rings. The number of aromatic nitrogens is 3. The Morgan fingerprint density at radius 1 is 0.949 bits per heavy atom. The largest absolute Gasteiger partial charge is 0.480 e. The summed E-state index contributed by atoms with van der Waals surface area (Å²) < 4.78 is 0. The second-order valence-electron chi connectivity index (χ2n) is 8.83. The molecule has 3 rings (SSSR count). The lowest BCUT2D eigenvalue weighted by atomic mass is 10.0. The van der Waals surface area contributed by atoms with Crippen molar-refractivity contribution in [3.63, 3.8) is 0 Å². The molecule has 4 unspecified atom stereocenters. The number of H-pyrrole nitrogens is 2. The van der Waals surface area contributed by atoms with Crippen molar-refractivity contribution in [3.05, 3.63) is 54.2 Å². The van der Waals surface area contributed by atoms with Gasteiger partial charge in [-0.1, -0.05) is 18.2 Å². The minimum Gasteiger partial charge on any atom is -0.480 e. The van der Waals surface area contributed by atoms with Crippen molar-refractivity contribution >= 4 is 53.1 Å². The third kappa shape index (κ3) is 8.05. The SMILES string of the molecule is NC(=O)CC(NC(=O)C(N)Cc1c[nH]c2ccccc12)C(=O)NC(CS)C(=O)NC(Cc1cnc[nH]1)C(=O)O. The maximum Gasteiger partial charge on any atom is 0.326 e. The molecular formula is C24H30N8O6S. The molecule has 0 aliphatic carbocycles. The van der Waals surface area contributed by atoms with Gasteiger partial charge in [0.05, 0.1) is 18.8 Å². The van der Waals surface area contributed by atoms with E-state index in [9.17, 15) is 29.1 Å². The Kier molecular flexibility index (Phi) is 10.1. The van der Waals surface area contributed by atoms with E-state index in [1.165, 1.54) is 12.5 Å². The van der Waals surface area contributed by atoms with Gasteiger partial charge in [-0.25, -0.2) is 9.78 Å². The Balaban J connectivity index is 1.63. The summed E-state index contributed by atoms with van der Waals surface area (Å²) in [4.78, 5) is 71.4. The van der Waals surface area contributed by atoms with Gasteiger partial charge in [-0.2, -0.15) is 12.6 Å². The molecule has 14 nitrogen and oxygen atoms in total. The molecule has 0 aliphatic rings. The number of amides is 4. The number of carboxylic acids is 1. The lowest BCUT2D eigenvalue weighted by Gasteiger charge is -2.24. The van der Waals surface area contributed by atoms with E-state index < -0.39 is 60.2 Å². The molecule has 39 heavy (non-hydrogen) atoms. The van der Waals surface area contributed by atoms with Crippen molar-refractivity contribution in [2.75, 3.05) is 5.75 Å². The number of primary amides is 1. The molecule has 2 aromatic heterocycles. The van der Waals surface area contributed by atoms with Crippen molar-refractivity contribution in [2.24, 2.45) is 11.5 Å². The molecule has 1 aromatic carbocycles. The number of rotatable bonds is 14. The molecule has 2 heterocycles. The van der Waals surface area contributed by atoms with Crippen LogP contribution in [0, 0.1) is 0 Å². The fraction of sp³-hybridized carbons (Fsp3) is 0.333. The zero-order valence-electron chi connectivity index (χ0n) is 20.7. The van der Waals surface area contributed by atoms with E-state index in [-0.39, 0.29) is 18.6 Å². The molecule has 0 aliphatic heterocycles. The van der Waals surface area contributed by atoms with E-state index in [0.29, 0.717) is 5.69 Å². The van der Waals surface area contributed by atoms with Gasteiger partial charge in [0.25, 0.3) is 0 Å². The highest BCUT2D eigenvalue weighted by Gasteiger charge is 2.31. The van der Waals surface area contributed by atoms with Crippen LogP contribution < -0.4 is 27.4 Å². The molecule has 15 heteroatoms. The number of thiol groups is 1. The predicted molar refractivity (Wildman–Crippen MR) is 143 cm³/mol. The number of carboxylic acid groups (broad SMARTS) is 1. The predicted octanol–water partition coefficient (Wildman–Crippen LogP) is -1.65. The summed E-state index contributed by atoms with van der Waals surface area (Å²) in [7, 11) is 0. The van der Waals surface area contributed by atoms with Crippen molar-refractivity contribution in [3.8, 4) is 0 Å². The third-order valence-electron chi connectivity index (χ3n) is 5.90. The Hall–Kier alpha value is -4.37. The molecule has 0 saturated carbocycles. The van der Waals surface area contributed by atoms with Gasteiger partial charge in [0.2, 0.25) is 23.6 Å². The number of carbonyl (C=O) groups excluding carboxylic acids is 4. The summed E-state index contributed by atoms with van der Waals surface area (Å²) in [5.74, 6) is -4.81. The topological polar surface area (TPSA) is 238 Å². The average Bonchev–Trinajstić information content (AvgIpc) is 3.56. The highest BCUT2D eigenvalue weighted by atomic mass is 32.1. The highest BCUT2D eigenvalue weighted by Crippen LogP contribution is 2.18. The number of para-hydroxylation sites is 1. The molecule has 208 valence electrons. The molecule has 0 radical (unpaired) electrons. The molecule has 10 N–H and O–H groups in total. The van der Waals surface area contributed by atoms with Crippen LogP contribution in [0.5, 0.6) is 0 Å². The Morgan fingerprint density at radius 3 is 2.26 bits per heavy atom. The van der Waals surface area contributed by atoms with Gasteiger partial charge in [0.1, 0.15) is 18.1 Å². The fourth-order valence-electron chi connectivity index (χ4n) is 3.87. The van der Waals surface area contributed by atoms with E-state index in [1.807, 2.05) is 24.3 Å². The summed E-state index contributed by atoms with van der Waals surface area (Å²) in [6.45, 7) is 0. The van der Waals surface area contributed by atoms with Crippen LogP contribution in [0.15, 0.2) is 43.0 Å². The first-order valence-corrected chi connectivity index (χ1v) is 12.5. The highest BCUT2D eigenvalue weighted by molar-refractivity contribution is 7.80. The Bertz CT molecular complexity index is 1330. The molecular weight excluding hydrogens is 528 g/mol. The first-order chi connectivity index (χ1) is 18.6. The van der Waals surface area contributed by atoms with Crippen LogP contribution >= 0.6 is 12.6 Å². The molecule has 3 aromatic rings. The van der Waals surface area contributed by atoms with Crippen LogP contribution in [0.1, 0.15) is 17.7 Å². The van der Waals surface area contributed by atoms with Gasteiger partial charge in [0, 0.05) is 41.2 Å². The van der Waals surface area contributed by atoms with Crippen molar-refractivity contribution < 1.29 is 29.1 Å². The maximum atomic E-state index is 13.0. The number of fused-ring (bicyclic) bond motifs is 1. The van der Waals surface area contributed by atoms with E-state index in [2.05, 4.69) is 43.5 Å². The number of hydrogen-bond donors (Lipinski definition) is 9. The van der Waals surface area contributed by atoms with Gasteiger partial charge < -0.3 is 42.5 Å². The maximum absolute atomic E-state index is 13.0. The standard InChI is InChI=1S/C24H30N8O6S/c25-15(5-12-8-28-16-4-2-1-3-14(12)16)21(34)30-17(7-20(26)33)22(35)32-19(10-39)23(36)31-18(24(37)38)6-13-9-27-11-29-13/h1-4,8-9,11,15,17-19,28,39H,5-7,10,25H2,(H2,26,33)(H,27,29)(H,30,34)(H,31,36)(H,32,35)(H,37,38). The summed E-state index contributed by atoms with van der Waals surface area (Å²) >= 11 is 4.07. The Labute approximate surface area is 228 Å². The van der Waals surface area contributed by atoms with Crippen LogP contribution in [0.2, 0.25) is 0 Å². The molecule has 4 atom stereocenters. The number of nitrogens with zero attached hydrogens (tertiary/aromatic N) is 1. The van der Waals surface area contributed by atoms with Crippen LogP contribution in [0.3, 0.4) is 0 Å². The van der Waals surface area contributed by atoms with Gasteiger partial charge >= 0.3 is 5.97 Å². The number of hydrogen-bond acceptors (Lipinski definition) is 8. The zero-order valence-corrected chi connectivity index (χ0v) is 21.6. The lowest BCUT2D eigenvalue weighted by Crippen LogP contribution is -2.58. The second-order valence-corrected chi connectivity index (χ2v) is 9.19. The number of aromatic amines is 2. The van der Waals surface area contributed by atoms with E-state index in [0.717, 1.165) is 16.5 Å². The van der Waals surface area contributed by atoms with Crippen LogP contribution in [-0.4, -0.2) is 79.6 Å². The van der Waals surface area contributed by atoms with Crippen molar-refractivity contribution in [2.45, 2.75) is 43.4 Å². The van der Waals surface area contributed by atoms with E-state index in [1.54, 1.807) is 6.20 Å². The quantitative estimate of drug-likeness (QED) is 0.104. The van der Waals surface area contributed by atoms with Gasteiger partial charge in [-0.15, -0.1) is 0 Å². The van der Waals surface area contributed by atoms with Crippen molar-refractivity contribution in [1.29, 1.82) is 0 Å². The smallest absolute Gasteiger partial charge is 0.326 e. The van der Waals surface area contributed by atoms with E-state index in [4.69, 9.17) is 11.5 Å². The summed E-state index contributed by atoms with van der Waals surface area (Å²) in [5.41, 5.74) is 13.5. The summed E-state index contributed by atoms with van der Waals surface area (Å²) in [6, 6.07) is 2.38. The average molecular weight is 559 g/mol. The normalized spacial score (nSPS) is 14.1. The number of nitrogens with one attached hydrogen (secondary N) is 5. The monoisotopic (exact) mass is 558 g/mol. The number of nitrogens with two attached hydrogens (primary N) is 2. The van der Waals surface area contributed by atoms with Crippen LogP contribution in [-0.2, 0) is 36.8 Å². The Morgan fingerprint density at radius 2 is 1.62 bits per heavy atom. The van der Waals surface area contributed by atoms with Crippen molar-refractivity contribution in [1.82, 2.24) is 30.9 Å². The minimum absolute atomic E-state index is 0.0804. The molecule has 4 amide bonds. The first-order valence-electron chi connectivity index (χ1n) is 11.9. The van der Waals surface area contributed by atoms with Gasteiger partial charge in [-0.3, -0.25) is 19.2 Å². The number of aliphatic carboxylic acids is 1. The third-order valence-corrected chi connectivity index (χ3v) is 6.26. The zero-order chi connectivity index (χ0) is 28.5. The van der Waals surface area contributed by atoms with E-state index >= 15 is 0 Å². The lowest BCUT2D eigenvalue weighted by molar-refractivity contribution is -0.142. The molecule has 0 spiro atoms. The van der Waals surface area contributed by atoms with Crippen LogP contribution in [0.4, 0.5) is 0 Å². The number of imidazole rings is 1. The minimum atomic E-state index is -1.43. The summed E-state index contributed by atoms with van der Waals surface area (Å²) in [6.07, 6.45) is 4.03. The second kappa shape index (κ2) is 13.4. The number of carbonyl (C=O) groups is 5. The van der Waals surface area contributed by atoms with Gasteiger partial charge in [-0.05, 0) is 18.1 Å². The number of benzene rings is 1. The first kappa shape index (κ1) is 29.2. The summed E-state index contributed by atoms with van der Waals surface area (Å²) in [5, 5.41) is 17.5. The fourth-order valence-corrected chi connectivity index (χ4v) is 4.13.